The molecule has 2 aromatic rings. The van der Waals surface area contributed by atoms with Crippen molar-refractivity contribution in [3.05, 3.63) is 22.8 Å². The van der Waals surface area contributed by atoms with Crippen molar-refractivity contribution in [3.63, 3.8) is 0 Å². The van der Waals surface area contributed by atoms with E-state index in [1.54, 1.807) is 0 Å². The predicted octanol–water partition coefficient (Wildman–Crippen LogP) is 1.77. The molecule has 22 heavy (non-hydrogen) atoms. The highest BCUT2D eigenvalue weighted by Crippen LogP contribution is 2.21. The van der Waals surface area contributed by atoms with Gasteiger partial charge in [0, 0.05) is 69.0 Å². The molecule has 1 aliphatic rings. The lowest BCUT2D eigenvalue weighted by atomic mass is 10.1. The first-order chi connectivity index (χ1) is 10.6. The molecule has 120 valence electrons. The predicted molar refractivity (Wildman–Crippen MR) is 89.5 cm³/mol. The molecule has 0 aromatic carbocycles. The van der Waals surface area contributed by atoms with Crippen LogP contribution in [0.25, 0.3) is 0 Å². The summed E-state index contributed by atoms with van der Waals surface area (Å²) >= 11 is 1.53. The minimum absolute atomic E-state index is 0.913. The minimum atomic E-state index is 0.913. The van der Waals surface area contributed by atoms with Gasteiger partial charge in [-0.1, -0.05) is 6.92 Å². The maximum absolute atomic E-state index is 4.59. The topological polar surface area (TPSA) is 50.1 Å². The van der Waals surface area contributed by atoms with Gasteiger partial charge in [0.25, 0.3) is 0 Å². The molecular weight excluding hydrogens is 296 g/mol. The molecule has 1 aliphatic heterocycles. The smallest absolute Gasteiger partial charge is 0.205 e. The van der Waals surface area contributed by atoms with Crippen LogP contribution in [0.3, 0.4) is 0 Å². The van der Waals surface area contributed by atoms with Crippen LogP contribution in [0.1, 0.15) is 29.7 Å². The highest BCUT2D eigenvalue weighted by Gasteiger charge is 2.21. The van der Waals surface area contributed by atoms with Crippen molar-refractivity contribution in [3.8, 4) is 0 Å². The van der Waals surface area contributed by atoms with Gasteiger partial charge in [-0.2, -0.15) is 9.47 Å². The van der Waals surface area contributed by atoms with Crippen LogP contribution in [0.15, 0.2) is 0 Å². The average molecular weight is 320 g/mol. The zero-order chi connectivity index (χ0) is 15.7. The lowest BCUT2D eigenvalue weighted by molar-refractivity contribution is 0.249. The van der Waals surface area contributed by atoms with E-state index in [1.165, 1.54) is 22.8 Å². The van der Waals surface area contributed by atoms with Crippen molar-refractivity contribution < 1.29 is 0 Å². The van der Waals surface area contributed by atoms with Gasteiger partial charge in [0.15, 0.2) is 0 Å². The third kappa shape index (κ3) is 3.01. The van der Waals surface area contributed by atoms with Crippen LogP contribution in [-0.4, -0.2) is 50.2 Å². The van der Waals surface area contributed by atoms with Gasteiger partial charge in [0.1, 0.15) is 5.82 Å². The highest BCUT2D eigenvalue weighted by molar-refractivity contribution is 7.09. The lowest BCUT2D eigenvalue weighted by Crippen LogP contribution is -2.46. The summed E-state index contributed by atoms with van der Waals surface area (Å²) < 4.78 is 6.37. The Morgan fingerprint density at radius 3 is 2.41 bits per heavy atom. The molecule has 0 unspecified atom stereocenters. The van der Waals surface area contributed by atoms with Gasteiger partial charge in [-0.25, -0.2) is 4.98 Å². The van der Waals surface area contributed by atoms with Gasteiger partial charge in [-0.3, -0.25) is 9.58 Å². The fraction of sp³-hybridized carbons (Fsp3) is 0.667. The third-order valence-electron chi connectivity index (χ3n) is 4.46. The Bertz CT molecular complexity index is 638. The summed E-state index contributed by atoms with van der Waals surface area (Å²) in [5, 5.41) is 5.59. The number of aryl methyl sites for hydroxylation is 3. The van der Waals surface area contributed by atoms with E-state index in [2.05, 4.69) is 45.0 Å². The Morgan fingerprint density at radius 1 is 1.14 bits per heavy atom. The Labute approximate surface area is 135 Å². The molecule has 0 saturated carbocycles. The van der Waals surface area contributed by atoms with Crippen molar-refractivity contribution in [2.75, 3.05) is 31.1 Å². The second-order valence-electron chi connectivity index (χ2n) is 5.88. The van der Waals surface area contributed by atoms with E-state index < -0.39 is 0 Å². The summed E-state index contributed by atoms with van der Waals surface area (Å²) in [6.45, 7) is 11.5. The van der Waals surface area contributed by atoms with Gasteiger partial charge in [0.05, 0.1) is 5.69 Å². The fourth-order valence-electron chi connectivity index (χ4n) is 2.88. The van der Waals surface area contributed by atoms with E-state index in [4.69, 9.17) is 0 Å². The van der Waals surface area contributed by atoms with Gasteiger partial charge >= 0.3 is 0 Å². The molecule has 1 saturated heterocycles. The average Bonchev–Trinajstić information content (AvgIpc) is 3.09. The largest absolute Gasteiger partial charge is 0.344 e. The van der Waals surface area contributed by atoms with Crippen molar-refractivity contribution in [2.24, 2.45) is 7.05 Å². The summed E-state index contributed by atoms with van der Waals surface area (Å²) in [4.78, 5) is 9.46. The molecule has 0 bridgehead atoms. The normalized spacial score (nSPS) is 16.5. The van der Waals surface area contributed by atoms with Gasteiger partial charge in [-0.15, -0.1) is 0 Å². The number of nitrogens with zero attached hydrogens (tertiary/aromatic N) is 6. The molecule has 6 nitrogen and oxygen atoms in total. The van der Waals surface area contributed by atoms with Gasteiger partial charge < -0.3 is 4.90 Å². The van der Waals surface area contributed by atoms with Crippen LogP contribution in [0, 0.1) is 13.8 Å². The summed E-state index contributed by atoms with van der Waals surface area (Å²) in [5.41, 5.74) is 3.80. The Kier molecular flexibility index (Phi) is 4.44. The summed E-state index contributed by atoms with van der Waals surface area (Å²) in [6.07, 6.45) is 0.913. The lowest BCUT2D eigenvalue weighted by Gasteiger charge is -2.34. The zero-order valence-electron chi connectivity index (χ0n) is 13.8. The Morgan fingerprint density at radius 2 is 1.86 bits per heavy atom. The van der Waals surface area contributed by atoms with Crippen molar-refractivity contribution in [1.29, 1.82) is 0 Å². The van der Waals surface area contributed by atoms with Crippen molar-refractivity contribution >= 4 is 16.7 Å². The SMILES string of the molecule is CCc1nsc(N2CCN(Cc3c(C)nn(C)c3C)CC2)n1. The Hall–Kier alpha value is -1.47. The quantitative estimate of drug-likeness (QED) is 0.859. The number of hydrogen-bond donors (Lipinski definition) is 0. The van der Waals surface area contributed by atoms with Crippen LogP contribution < -0.4 is 4.90 Å². The van der Waals surface area contributed by atoms with Crippen LogP contribution in [0.5, 0.6) is 0 Å². The number of piperazine rings is 1. The summed E-state index contributed by atoms with van der Waals surface area (Å²) in [5.74, 6) is 0.962. The molecule has 3 rings (SSSR count). The molecular formula is C15H24N6S. The molecule has 2 aromatic heterocycles. The molecule has 0 radical (unpaired) electrons. The first kappa shape index (κ1) is 15.4. The molecule has 0 aliphatic carbocycles. The third-order valence-corrected chi connectivity index (χ3v) is 5.27. The maximum atomic E-state index is 4.59. The number of rotatable bonds is 4. The van der Waals surface area contributed by atoms with E-state index in [-0.39, 0.29) is 0 Å². The molecule has 3 heterocycles. The minimum Gasteiger partial charge on any atom is -0.344 e. The van der Waals surface area contributed by atoms with Gasteiger partial charge in [0.2, 0.25) is 5.13 Å². The number of aromatic nitrogens is 4. The monoisotopic (exact) mass is 320 g/mol. The molecule has 0 N–H and O–H groups in total. The highest BCUT2D eigenvalue weighted by atomic mass is 32.1. The zero-order valence-corrected chi connectivity index (χ0v) is 14.7. The molecule has 0 atom stereocenters. The molecule has 1 fully saturated rings. The molecule has 7 heteroatoms. The second kappa shape index (κ2) is 6.34. The first-order valence-electron chi connectivity index (χ1n) is 7.87. The van der Waals surface area contributed by atoms with Crippen molar-refractivity contribution in [2.45, 2.75) is 33.7 Å². The van der Waals surface area contributed by atoms with E-state index in [9.17, 15) is 0 Å². The van der Waals surface area contributed by atoms with Crippen LogP contribution in [0.2, 0.25) is 0 Å². The number of anilines is 1. The van der Waals surface area contributed by atoms with E-state index in [1.807, 2.05) is 11.7 Å². The van der Waals surface area contributed by atoms with Gasteiger partial charge in [-0.05, 0) is 13.8 Å². The molecule has 0 spiro atoms. The summed E-state index contributed by atoms with van der Waals surface area (Å²) in [6, 6.07) is 0. The van der Waals surface area contributed by atoms with E-state index in [0.29, 0.717) is 0 Å². The van der Waals surface area contributed by atoms with Crippen LogP contribution >= 0.6 is 11.5 Å². The van der Waals surface area contributed by atoms with Crippen LogP contribution in [0.4, 0.5) is 5.13 Å². The fourth-order valence-corrected chi connectivity index (χ4v) is 3.69. The molecule has 0 amide bonds. The van der Waals surface area contributed by atoms with E-state index in [0.717, 1.165) is 55.8 Å². The summed E-state index contributed by atoms with van der Waals surface area (Å²) in [7, 11) is 2.02. The van der Waals surface area contributed by atoms with Crippen molar-refractivity contribution in [1.82, 2.24) is 24.0 Å². The van der Waals surface area contributed by atoms with Crippen LogP contribution in [-0.2, 0) is 20.0 Å². The first-order valence-corrected chi connectivity index (χ1v) is 8.64. The maximum Gasteiger partial charge on any atom is 0.205 e. The standard InChI is InChI=1S/C15H24N6S/c1-5-14-16-15(22-18-14)21-8-6-20(7-9-21)10-13-11(2)17-19(4)12(13)3/h5-10H2,1-4H3. The van der Waals surface area contributed by atoms with E-state index >= 15 is 0 Å². The Balaban J connectivity index is 1.59. The number of hydrogen-bond acceptors (Lipinski definition) is 6. The second-order valence-corrected chi connectivity index (χ2v) is 6.61.